The third-order valence-electron chi connectivity index (χ3n) is 13.0. The molecule has 76 heavy (non-hydrogen) atoms. The van der Waals surface area contributed by atoms with Gasteiger partial charge in [-0.3, -0.25) is 43.7 Å². The Bertz CT molecular complexity index is 2770. The Morgan fingerprint density at radius 1 is 0.632 bits per heavy atom. The minimum Gasteiger partial charge on any atom is -0.489 e. The number of nitrogens with zero attached hydrogens (tertiary/aromatic N) is 5. The molecule has 0 radical (unpaired) electrons. The van der Waals surface area contributed by atoms with Crippen molar-refractivity contribution in [1.29, 1.82) is 0 Å². The van der Waals surface area contributed by atoms with E-state index in [-0.39, 0.29) is 88.1 Å². The molecule has 0 bridgehead atoms. The van der Waals surface area contributed by atoms with Gasteiger partial charge < -0.3 is 48.9 Å². The number of amides is 6. The van der Waals surface area contributed by atoms with E-state index < -0.39 is 11.8 Å². The molecule has 2 atom stereocenters. The zero-order chi connectivity index (χ0) is 53.6. The first-order valence-corrected chi connectivity index (χ1v) is 25.4. The number of rotatable bonds is 25. The molecule has 5 aliphatic rings. The summed E-state index contributed by atoms with van der Waals surface area (Å²) >= 11 is 0. The van der Waals surface area contributed by atoms with E-state index in [0.29, 0.717) is 112 Å². The van der Waals surface area contributed by atoms with Gasteiger partial charge >= 0.3 is 0 Å². The summed E-state index contributed by atoms with van der Waals surface area (Å²) in [6.45, 7) is 16.3. The first-order chi connectivity index (χ1) is 36.8. The van der Waals surface area contributed by atoms with Gasteiger partial charge in [-0.2, -0.15) is 0 Å². The van der Waals surface area contributed by atoms with Gasteiger partial charge in [0, 0.05) is 81.3 Å². The lowest BCUT2D eigenvalue weighted by Crippen LogP contribution is -2.35. The summed E-state index contributed by atoms with van der Waals surface area (Å²) in [5, 5.41) is 5.50. The maximum atomic E-state index is 13.5. The van der Waals surface area contributed by atoms with Crippen LogP contribution in [0, 0.1) is 25.7 Å². The SMILES string of the molecule is C=C1C[C@H]2C=Nc3cc(OCc4cc(C#CCNC(=O)CCOCCOCCOCCOCCNC(=O)CCN5C(=O)C=CC5=O)cc(COc5cc6c(cc5C)C(=O)N5CC(=C)C[C@H]5C=N6)c4)c(C)cc3C(=O)N2C1. The van der Waals surface area contributed by atoms with E-state index in [1.807, 2.05) is 78.5 Å². The van der Waals surface area contributed by atoms with Crippen LogP contribution in [0.4, 0.5) is 11.4 Å². The fraction of sp³-hybridized carbons (Fsp3) is 0.404. The van der Waals surface area contributed by atoms with Crippen molar-refractivity contribution in [3.63, 3.8) is 0 Å². The van der Waals surface area contributed by atoms with Gasteiger partial charge in [0.15, 0.2) is 0 Å². The monoisotopic (exact) mass is 1040 g/mol. The molecule has 0 spiro atoms. The van der Waals surface area contributed by atoms with Crippen LogP contribution >= 0.6 is 0 Å². The van der Waals surface area contributed by atoms with Crippen molar-refractivity contribution >= 4 is 59.2 Å². The van der Waals surface area contributed by atoms with Gasteiger partial charge in [-0.25, -0.2) is 0 Å². The third-order valence-corrected chi connectivity index (χ3v) is 13.0. The van der Waals surface area contributed by atoms with Gasteiger partial charge in [-0.1, -0.05) is 36.1 Å². The van der Waals surface area contributed by atoms with Crippen molar-refractivity contribution in [2.24, 2.45) is 9.98 Å². The molecule has 19 nitrogen and oxygen atoms in total. The summed E-state index contributed by atoms with van der Waals surface area (Å²) in [5.41, 5.74) is 8.09. The molecule has 0 unspecified atom stereocenters. The molecule has 0 saturated carbocycles. The second kappa shape index (κ2) is 26.1. The summed E-state index contributed by atoms with van der Waals surface area (Å²) < 4.78 is 34.8. The van der Waals surface area contributed by atoms with E-state index in [1.165, 1.54) is 12.2 Å². The number of benzene rings is 3. The van der Waals surface area contributed by atoms with Crippen molar-refractivity contribution < 1.29 is 57.2 Å². The van der Waals surface area contributed by atoms with E-state index in [4.69, 9.17) is 28.4 Å². The summed E-state index contributed by atoms with van der Waals surface area (Å²) in [6.07, 6.45) is 7.55. The maximum absolute atomic E-state index is 13.5. The summed E-state index contributed by atoms with van der Waals surface area (Å²) in [4.78, 5) is 88.7. The predicted octanol–water partition coefficient (Wildman–Crippen LogP) is 4.79. The number of imide groups is 1. The molecule has 8 rings (SSSR count). The van der Waals surface area contributed by atoms with Crippen molar-refractivity contribution in [1.82, 2.24) is 25.3 Å². The number of aliphatic imine (C=N–C) groups is 2. The standard InChI is InChI=1S/C57H63N7O12/c1-37-22-44-31-60-48-29-50(39(3)24-46(48)56(69)63(44)33-37)75-35-42-26-41(27-43(28-42)36-76-51-30-49-47(25-40(51)4)57(70)64-34-38(2)23-45(64)32-61-49)6-5-11-58-53(66)10-14-71-16-18-73-20-21-74-19-17-72-15-12-59-52(65)9-13-62-54(67)7-8-55(62)68/h7-8,24-32,44-45H,1-2,9-23,33-36H2,3-4H3,(H,58,66)(H,59,65)/t44-,45-/m0/s1. The van der Waals surface area contributed by atoms with Gasteiger partial charge in [0.05, 0.1) is 94.0 Å². The van der Waals surface area contributed by atoms with Crippen molar-refractivity contribution in [2.75, 3.05) is 85.6 Å². The average molecular weight is 1040 g/mol. The molecular formula is C57H63N7O12. The molecule has 2 N–H and O–H groups in total. The number of carbonyl (C=O) groups excluding carboxylic acids is 6. The molecule has 5 heterocycles. The zero-order valence-electron chi connectivity index (χ0n) is 43.0. The van der Waals surface area contributed by atoms with E-state index in [9.17, 15) is 28.8 Å². The molecule has 0 aromatic heterocycles. The van der Waals surface area contributed by atoms with Gasteiger partial charge in [0.25, 0.3) is 23.6 Å². The molecule has 2 saturated heterocycles. The van der Waals surface area contributed by atoms with Crippen LogP contribution in [0.25, 0.3) is 0 Å². The highest BCUT2D eigenvalue weighted by molar-refractivity contribution is 6.13. The Morgan fingerprint density at radius 2 is 1.12 bits per heavy atom. The third kappa shape index (κ3) is 14.5. The van der Waals surface area contributed by atoms with Crippen molar-refractivity contribution in [3.8, 4) is 23.3 Å². The van der Waals surface area contributed by atoms with Crippen LogP contribution in [0.1, 0.15) is 74.2 Å². The summed E-state index contributed by atoms with van der Waals surface area (Å²) in [6, 6.07) is 12.9. The number of ether oxygens (including phenoxy) is 6. The highest BCUT2D eigenvalue weighted by Gasteiger charge is 2.35. The first kappa shape index (κ1) is 54.5. The van der Waals surface area contributed by atoms with Crippen LogP contribution in [0.15, 0.2) is 88.9 Å². The largest absolute Gasteiger partial charge is 0.489 e. The van der Waals surface area contributed by atoms with E-state index in [2.05, 4.69) is 45.6 Å². The first-order valence-electron chi connectivity index (χ1n) is 25.4. The molecule has 398 valence electrons. The molecule has 3 aromatic rings. The highest BCUT2D eigenvalue weighted by atomic mass is 16.6. The molecule has 3 aromatic carbocycles. The molecule has 5 aliphatic heterocycles. The summed E-state index contributed by atoms with van der Waals surface area (Å²) in [5.74, 6) is 5.95. The quantitative estimate of drug-likeness (QED) is 0.0507. The lowest BCUT2D eigenvalue weighted by Gasteiger charge is -2.20. The van der Waals surface area contributed by atoms with E-state index >= 15 is 0 Å². The van der Waals surface area contributed by atoms with Gasteiger partial charge in [-0.05, 0) is 79.3 Å². The number of hydrogen-bond acceptors (Lipinski definition) is 14. The lowest BCUT2D eigenvalue weighted by molar-refractivity contribution is -0.137. The normalized spacial score (nSPS) is 17.3. The fourth-order valence-electron chi connectivity index (χ4n) is 9.08. The van der Waals surface area contributed by atoms with Gasteiger partial charge in [0.1, 0.15) is 24.7 Å². The highest BCUT2D eigenvalue weighted by Crippen LogP contribution is 2.37. The fourth-order valence-corrected chi connectivity index (χ4v) is 9.08. The lowest BCUT2D eigenvalue weighted by atomic mass is 10.1. The molecule has 2 fully saturated rings. The van der Waals surface area contributed by atoms with Crippen molar-refractivity contribution in [2.45, 2.75) is 64.8 Å². The number of carbonyl (C=O) groups is 6. The minimum absolute atomic E-state index is 0.0224. The Balaban J connectivity index is 0.770. The Morgan fingerprint density at radius 3 is 1.64 bits per heavy atom. The predicted molar refractivity (Wildman–Crippen MR) is 282 cm³/mol. The Kier molecular flexibility index (Phi) is 18.7. The van der Waals surface area contributed by atoms with Crippen LogP contribution in [-0.4, -0.2) is 160 Å². The van der Waals surface area contributed by atoms with Gasteiger partial charge in [0.2, 0.25) is 11.8 Å². The molecule has 0 aliphatic carbocycles. The van der Waals surface area contributed by atoms with Crippen LogP contribution in [-0.2, 0) is 51.3 Å². The van der Waals surface area contributed by atoms with Crippen LogP contribution in [0.2, 0.25) is 0 Å². The van der Waals surface area contributed by atoms with Crippen molar-refractivity contribution in [3.05, 3.63) is 118 Å². The molecule has 6 amide bonds. The average Bonchev–Trinajstić information content (AvgIpc) is 4.08. The topological polar surface area (TPSA) is 216 Å². The van der Waals surface area contributed by atoms with E-state index in [1.54, 1.807) is 0 Å². The zero-order valence-corrected chi connectivity index (χ0v) is 43.0. The summed E-state index contributed by atoms with van der Waals surface area (Å²) in [7, 11) is 0. The number of aryl methyl sites for hydroxylation is 2. The van der Waals surface area contributed by atoms with Crippen LogP contribution in [0.3, 0.4) is 0 Å². The van der Waals surface area contributed by atoms with Gasteiger partial charge in [-0.15, -0.1) is 0 Å². The molecular weight excluding hydrogens is 975 g/mol. The van der Waals surface area contributed by atoms with E-state index in [0.717, 1.165) is 38.3 Å². The number of hydrogen-bond donors (Lipinski definition) is 2. The minimum atomic E-state index is -0.417. The number of fused-ring (bicyclic) bond motifs is 4. The Labute approximate surface area is 441 Å². The smallest absolute Gasteiger partial charge is 0.256 e. The second-order valence-corrected chi connectivity index (χ2v) is 18.9. The maximum Gasteiger partial charge on any atom is 0.256 e. The second-order valence-electron chi connectivity index (χ2n) is 18.9. The van der Waals surface area contributed by atoms with Crippen LogP contribution < -0.4 is 20.1 Å². The van der Waals surface area contributed by atoms with Crippen LogP contribution in [0.5, 0.6) is 11.5 Å². The number of nitrogens with one attached hydrogen (secondary N) is 2. The molecule has 19 heteroatoms. The Hall–Kier alpha value is -7.76.